The van der Waals surface area contributed by atoms with Crippen LogP contribution in [0.15, 0.2) is 48.5 Å². The first-order valence-corrected chi connectivity index (χ1v) is 8.74. The molecule has 0 saturated carbocycles. The van der Waals surface area contributed by atoms with Gasteiger partial charge in [0.15, 0.2) is 0 Å². The number of aromatic nitrogens is 2. The predicted molar refractivity (Wildman–Crippen MR) is 107 cm³/mol. The summed E-state index contributed by atoms with van der Waals surface area (Å²) in [4.78, 5) is 8.99. The van der Waals surface area contributed by atoms with Gasteiger partial charge in [-0.25, -0.2) is 9.97 Å². The lowest BCUT2D eigenvalue weighted by molar-refractivity contribution is 0.340. The molecule has 0 atom stereocenters. The van der Waals surface area contributed by atoms with Crippen LogP contribution in [0.2, 0.25) is 0 Å². The molecule has 0 aliphatic heterocycles. The van der Waals surface area contributed by atoms with E-state index in [0.29, 0.717) is 12.4 Å². The Balaban J connectivity index is 1.81. The quantitative estimate of drug-likeness (QED) is 0.634. The summed E-state index contributed by atoms with van der Waals surface area (Å²) < 4.78 is 5.47. The van der Waals surface area contributed by atoms with Gasteiger partial charge in [0.2, 0.25) is 0 Å². The fraction of sp³-hybridized carbons (Fsp3) is 0.238. The first-order chi connectivity index (χ1) is 12.5. The number of nitrogens with zero attached hydrogens (tertiary/aromatic N) is 2. The van der Waals surface area contributed by atoms with E-state index in [0.717, 1.165) is 28.8 Å². The minimum absolute atomic E-state index is 0.658. The van der Waals surface area contributed by atoms with E-state index in [4.69, 9.17) is 4.74 Å². The number of benzene rings is 2. The van der Waals surface area contributed by atoms with Crippen molar-refractivity contribution in [1.29, 1.82) is 0 Å². The standard InChI is InChI=1S/C21H24N4O/c1-5-26-18-11-9-17(10-12-18)24-19-13-20(23-16(4)22-19)25-21-14(2)7-6-8-15(21)3/h6-13H,5H2,1-4H3,(H2,22,23,24,25). The van der Waals surface area contributed by atoms with Gasteiger partial charge in [0.05, 0.1) is 6.61 Å². The van der Waals surface area contributed by atoms with E-state index in [9.17, 15) is 0 Å². The summed E-state index contributed by atoms with van der Waals surface area (Å²) in [5.74, 6) is 3.07. The number of ether oxygens (including phenoxy) is 1. The molecule has 0 aliphatic rings. The van der Waals surface area contributed by atoms with E-state index in [1.807, 2.05) is 44.2 Å². The molecule has 0 aliphatic carbocycles. The molecule has 0 spiro atoms. The van der Waals surface area contributed by atoms with E-state index >= 15 is 0 Å². The summed E-state index contributed by atoms with van der Waals surface area (Å²) in [5, 5.41) is 6.75. The number of para-hydroxylation sites is 1. The van der Waals surface area contributed by atoms with Gasteiger partial charge in [-0.1, -0.05) is 18.2 Å². The largest absolute Gasteiger partial charge is 0.494 e. The van der Waals surface area contributed by atoms with Crippen LogP contribution in [0.3, 0.4) is 0 Å². The number of aryl methyl sites for hydroxylation is 3. The average Bonchev–Trinajstić information content (AvgIpc) is 2.60. The van der Waals surface area contributed by atoms with Crippen LogP contribution in [0.1, 0.15) is 23.9 Å². The highest BCUT2D eigenvalue weighted by atomic mass is 16.5. The van der Waals surface area contributed by atoms with Gasteiger partial charge in [-0.2, -0.15) is 0 Å². The molecule has 3 rings (SSSR count). The molecular weight excluding hydrogens is 324 g/mol. The summed E-state index contributed by atoms with van der Waals surface area (Å²) in [6.07, 6.45) is 0. The number of hydrogen-bond acceptors (Lipinski definition) is 5. The van der Waals surface area contributed by atoms with E-state index in [1.54, 1.807) is 0 Å². The molecule has 0 unspecified atom stereocenters. The lowest BCUT2D eigenvalue weighted by Crippen LogP contribution is -2.03. The van der Waals surface area contributed by atoms with E-state index in [1.165, 1.54) is 11.1 Å². The summed E-state index contributed by atoms with van der Waals surface area (Å²) in [7, 11) is 0. The van der Waals surface area contributed by atoms with Crippen LogP contribution in [-0.4, -0.2) is 16.6 Å². The molecule has 5 nitrogen and oxygen atoms in total. The van der Waals surface area contributed by atoms with Crippen LogP contribution >= 0.6 is 0 Å². The second-order valence-electron chi connectivity index (χ2n) is 6.16. The maximum atomic E-state index is 5.47. The molecule has 0 saturated heterocycles. The maximum Gasteiger partial charge on any atom is 0.136 e. The minimum atomic E-state index is 0.658. The summed E-state index contributed by atoms with van der Waals surface area (Å²) in [5.41, 5.74) is 4.40. The monoisotopic (exact) mass is 348 g/mol. The van der Waals surface area contributed by atoms with Gasteiger partial charge in [-0.15, -0.1) is 0 Å². The molecular formula is C21H24N4O. The second kappa shape index (κ2) is 7.87. The number of hydrogen-bond donors (Lipinski definition) is 2. The Kier molecular flexibility index (Phi) is 5.37. The van der Waals surface area contributed by atoms with Crippen molar-refractivity contribution in [3.63, 3.8) is 0 Å². The van der Waals surface area contributed by atoms with Crippen LogP contribution in [0.4, 0.5) is 23.0 Å². The fourth-order valence-electron chi connectivity index (χ4n) is 2.78. The van der Waals surface area contributed by atoms with Gasteiger partial charge in [-0.05, 0) is 63.1 Å². The van der Waals surface area contributed by atoms with Crippen LogP contribution in [-0.2, 0) is 0 Å². The highest BCUT2D eigenvalue weighted by Crippen LogP contribution is 2.25. The number of rotatable bonds is 6. The summed E-state index contributed by atoms with van der Waals surface area (Å²) >= 11 is 0. The molecule has 3 aromatic rings. The Bertz CT molecular complexity index is 871. The zero-order chi connectivity index (χ0) is 18.5. The van der Waals surface area contributed by atoms with Gasteiger partial charge < -0.3 is 15.4 Å². The van der Waals surface area contributed by atoms with Crippen molar-refractivity contribution in [3.8, 4) is 5.75 Å². The third kappa shape index (κ3) is 4.30. The molecule has 5 heteroatoms. The third-order valence-corrected chi connectivity index (χ3v) is 4.01. The Labute approximate surface area is 154 Å². The van der Waals surface area contributed by atoms with Gasteiger partial charge in [-0.3, -0.25) is 0 Å². The van der Waals surface area contributed by atoms with Crippen molar-refractivity contribution < 1.29 is 4.74 Å². The van der Waals surface area contributed by atoms with Gasteiger partial charge in [0.25, 0.3) is 0 Å². The van der Waals surface area contributed by atoms with Crippen LogP contribution in [0.25, 0.3) is 0 Å². The Morgan fingerprint density at radius 1 is 0.846 bits per heavy atom. The number of anilines is 4. The van der Waals surface area contributed by atoms with Crippen molar-refractivity contribution in [3.05, 3.63) is 65.5 Å². The maximum absolute atomic E-state index is 5.47. The van der Waals surface area contributed by atoms with Crippen LogP contribution in [0.5, 0.6) is 5.75 Å². The second-order valence-corrected chi connectivity index (χ2v) is 6.16. The normalized spacial score (nSPS) is 10.5. The van der Waals surface area contributed by atoms with Gasteiger partial charge in [0, 0.05) is 17.4 Å². The lowest BCUT2D eigenvalue weighted by Gasteiger charge is -2.14. The SMILES string of the molecule is CCOc1ccc(Nc2cc(Nc3c(C)cccc3C)nc(C)n2)cc1. The van der Waals surface area contributed by atoms with Crippen molar-refractivity contribution in [2.45, 2.75) is 27.7 Å². The average molecular weight is 348 g/mol. The zero-order valence-electron chi connectivity index (χ0n) is 15.6. The molecule has 26 heavy (non-hydrogen) atoms. The van der Waals surface area contributed by atoms with Crippen molar-refractivity contribution in [2.75, 3.05) is 17.2 Å². The molecule has 0 amide bonds. The topological polar surface area (TPSA) is 59.1 Å². The molecule has 1 aromatic heterocycles. The van der Waals surface area contributed by atoms with Crippen molar-refractivity contribution >= 4 is 23.0 Å². The highest BCUT2D eigenvalue weighted by Gasteiger charge is 2.07. The molecule has 1 heterocycles. The first kappa shape index (κ1) is 17.7. The van der Waals surface area contributed by atoms with Crippen molar-refractivity contribution in [1.82, 2.24) is 9.97 Å². The van der Waals surface area contributed by atoms with Crippen molar-refractivity contribution in [2.24, 2.45) is 0 Å². The zero-order valence-corrected chi connectivity index (χ0v) is 15.6. The Hall–Kier alpha value is -3.08. The highest BCUT2D eigenvalue weighted by molar-refractivity contribution is 5.67. The van der Waals surface area contributed by atoms with E-state index in [2.05, 4.69) is 52.6 Å². The summed E-state index contributed by atoms with van der Waals surface area (Å²) in [6, 6.07) is 16.0. The molecule has 0 radical (unpaired) electrons. The van der Waals surface area contributed by atoms with Crippen LogP contribution < -0.4 is 15.4 Å². The Morgan fingerprint density at radius 3 is 2.08 bits per heavy atom. The third-order valence-electron chi connectivity index (χ3n) is 4.01. The van der Waals surface area contributed by atoms with Gasteiger partial charge >= 0.3 is 0 Å². The predicted octanol–water partition coefficient (Wildman–Crippen LogP) is 5.29. The van der Waals surface area contributed by atoms with Gasteiger partial charge in [0.1, 0.15) is 23.2 Å². The first-order valence-electron chi connectivity index (χ1n) is 8.74. The molecule has 2 N–H and O–H groups in total. The fourth-order valence-corrected chi connectivity index (χ4v) is 2.78. The lowest BCUT2D eigenvalue weighted by atomic mass is 10.1. The van der Waals surface area contributed by atoms with E-state index < -0.39 is 0 Å². The molecule has 0 fully saturated rings. The smallest absolute Gasteiger partial charge is 0.136 e. The number of nitrogens with one attached hydrogen (secondary N) is 2. The Morgan fingerprint density at radius 2 is 1.46 bits per heavy atom. The van der Waals surface area contributed by atoms with Crippen LogP contribution in [0, 0.1) is 20.8 Å². The molecule has 134 valence electrons. The molecule has 0 bridgehead atoms. The summed E-state index contributed by atoms with van der Waals surface area (Å²) in [6.45, 7) is 8.69. The van der Waals surface area contributed by atoms with E-state index in [-0.39, 0.29) is 0 Å². The minimum Gasteiger partial charge on any atom is -0.494 e. The molecule has 2 aromatic carbocycles.